The molecule has 0 aliphatic heterocycles. The monoisotopic (exact) mass is 1780 g/mol. The second kappa shape index (κ2) is 37.5. The highest BCUT2D eigenvalue weighted by Gasteiger charge is 2.35. The van der Waals surface area contributed by atoms with Gasteiger partial charge in [0.05, 0.1) is 78.4 Å². The number of hydrogen-bond acceptors (Lipinski definition) is 15. The third-order valence-electron chi connectivity index (χ3n) is 22.1. The summed E-state index contributed by atoms with van der Waals surface area (Å²) in [6.45, 7) is 3.96. The van der Waals surface area contributed by atoms with E-state index in [9.17, 15) is 35.1 Å². The van der Waals surface area contributed by atoms with E-state index in [0.717, 1.165) is 169 Å². The van der Waals surface area contributed by atoms with E-state index < -0.39 is 35.1 Å². The topological polar surface area (TPSA) is 268 Å². The average Bonchev–Trinajstić information content (AvgIpc) is 1.47. The van der Waals surface area contributed by atoms with E-state index >= 15 is 0 Å². The first-order valence-electron chi connectivity index (χ1n) is 42.4. The molecule has 20 nitrogen and oxygen atoms in total. The van der Waals surface area contributed by atoms with Crippen molar-refractivity contribution in [1.82, 2.24) is 75.9 Å². The fraction of sp³-hybridized carbons (Fsp3) is 0.0377. The Morgan fingerprint density at radius 1 is 0.254 bits per heavy atom. The fourth-order valence-electron chi connectivity index (χ4n) is 15.7. The summed E-state index contributed by atoms with van der Waals surface area (Å²) in [6, 6.07) is 111. The lowest BCUT2D eigenvalue weighted by molar-refractivity contribution is -0.137. The zero-order chi connectivity index (χ0) is 91.8. The van der Waals surface area contributed by atoms with Crippen LogP contribution in [0, 0.1) is 25.5 Å². The SMILES string of the molecule is Cc1cc(Nc2cc(-c3ccccc3)nc3ccccc23)n[nH]1.Cc1cc(Nc2nc(-c3ccccc3)cc3ccccc23)n[nH]1.FC(F)(F)c1ccccc1-c1cc2ccccc2c(Nc2n[nH]c3ccccc23)n1.Fc1cc(F)c2[nH]nc(Nc3nc(-c4ccccc4C(F)(F)F)cc4ccccc34)c2c1.c1ccc(-c2cc(Nc3n[nH]c4ccccc34)c3ccccc3n2)cc1. The number of benzene rings is 13. The van der Waals surface area contributed by atoms with E-state index in [1.165, 1.54) is 30.3 Å². The standard InChI is InChI=1S/C23H13F5N4.C23H15F3N4.C22H16N4.2C19H16N4/c24-13-10-16-20(18(25)11-13)31-32-22(16)30-21-14-6-2-1-5-12(14)9-19(29-21)15-7-3-4-8-17(15)23(26,27)28;24-23(25,26)18-11-5-3-9-16(18)20-13-14-7-1-2-8-15(14)21(27-20)28-22-17-10-4-6-12-19(17)29-30-22;1-2-8-15(9-3-1)20-14-21(16-10-4-6-12-18(16)23-20)24-22-17-11-5-7-13-19(17)25-26-22;1-13-11-19(23-22-13)21-18-12-17(14-7-3-2-4-8-14)20-16-10-6-5-9-15(16)18;1-13-11-18(23-22-13)21-19-16-10-6-5-9-15(16)12-17(20-19)14-7-3-2-4-8-14/h1-11H,(H2,29,30,31,32);1-13H,(H2,27,28,29,30);1-14H,(H2,23,24,25,26);2*2-12H,1H3,(H2,20,21,22,23). The Morgan fingerprint density at radius 2 is 0.597 bits per heavy atom. The van der Waals surface area contributed by atoms with Crippen molar-refractivity contribution in [2.75, 3.05) is 26.6 Å². The summed E-state index contributed by atoms with van der Waals surface area (Å²) in [7, 11) is 0. The van der Waals surface area contributed by atoms with Crippen molar-refractivity contribution in [2.45, 2.75) is 26.2 Å². The van der Waals surface area contributed by atoms with Crippen molar-refractivity contribution in [3.63, 3.8) is 0 Å². The van der Waals surface area contributed by atoms with Crippen LogP contribution >= 0.6 is 0 Å². The predicted octanol–water partition coefficient (Wildman–Crippen LogP) is 28.2. The van der Waals surface area contributed by atoms with Gasteiger partial charge in [0.2, 0.25) is 0 Å². The zero-order valence-corrected chi connectivity index (χ0v) is 71.1. The van der Waals surface area contributed by atoms with E-state index in [1.54, 1.807) is 42.5 Å². The summed E-state index contributed by atoms with van der Waals surface area (Å²) >= 11 is 0. The number of nitrogens with one attached hydrogen (secondary N) is 10. The molecule has 10 heterocycles. The van der Waals surface area contributed by atoms with E-state index in [1.807, 2.05) is 196 Å². The van der Waals surface area contributed by atoms with Gasteiger partial charge >= 0.3 is 12.4 Å². The summed E-state index contributed by atoms with van der Waals surface area (Å²) in [5.74, 6) is 2.90. The minimum absolute atomic E-state index is 0.00298. The predicted molar refractivity (Wildman–Crippen MR) is 517 cm³/mol. The molecule has 0 aliphatic rings. The molecular formula is C106H76F8N20. The molecule has 0 unspecified atom stereocenters. The number of hydrogen-bond donors (Lipinski definition) is 10. The number of halogens is 8. The summed E-state index contributed by atoms with van der Waals surface area (Å²) in [5, 5.41) is 61.3. The summed E-state index contributed by atoms with van der Waals surface area (Å²) in [6.07, 6.45) is -9.04. The Hall–Kier alpha value is -17.8. The largest absolute Gasteiger partial charge is 0.417 e. The summed E-state index contributed by atoms with van der Waals surface area (Å²) < 4.78 is 109. The number of aromatic nitrogens is 15. The zero-order valence-electron chi connectivity index (χ0n) is 71.1. The molecule has 656 valence electrons. The number of aromatic amines is 5. The van der Waals surface area contributed by atoms with Gasteiger partial charge in [-0.2, -0.15) is 51.8 Å². The van der Waals surface area contributed by atoms with Gasteiger partial charge in [-0.3, -0.25) is 25.5 Å². The van der Waals surface area contributed by atoms with Gasteiger partial charge in [0.15, 0.2) is 34.9 Å². The molecule has 0 spiro atoms. The normalized spacial score (nSPS) is 11.4. The Bertz CT molecular complexity index is 8020. The maximum Gasteiger partial charge on any atom is 0.417 e. The van der Waals surface area contributed by atoms with Crippen LogP contribution in [0.2, 0.25) is 0 Å². The van der Waals surface area contributed by atoms with Crippen LogP contribution in [-0.2, 0) is 12.4 Å². The van der Waals surface area contributed by atoms with Crippen LogP contribution in [0.25, 0.3) is 143 Å². The van der Waals surface area contributed by atoms with Crippen molar-refractivity contribution < 1.29 is 35.1 Å². The lowest BCUT2D eigenvalue weighted by atomic mass is 10.0. The lowest BCUT2D eigenvalue weighted by Gasteiger charge is -2.15. The van der Waals surface area contributed by atoms with Crippen molar-refractivity contribution >= 4 is 145 Å². The number of nitrogens with zero attached hydrogens (tertiary/aromatic N) is 10. The molecule has 0 amide bonds. The van der Waals surface area contributed by atoms with Gasteiger partial charge in [-0.15, -0.1) is 0 Å². The molecule has 23 aromatic rings. The van der Waals surface area contributed by atoms with Crippen LogP contribution in [0.3, 0.4) is 0 Å². The quantitative estimate of drug-likeness (QED) is 0.0428. The second-order valence-electron chi connectivity index (χ2n) is 31.2. The number of aryl methyl sites for hydroxylation is 2. The molecule has 0 saturated carbocycles. The highest BCUT2D eigenvalue weighted by molar-refractivity contribution is 6.04. The molecular weight excluding hydrogens is 1710 g/mol. The smallest absolute Gasteiger partial charge is 0.338 e. The molecule has 0 fully saturated rings. The van der Waals surface area contributed by atoms with Crippen LogP contribution in [0.1, 0.15) is 22.5 Å². The molecule has 10 aromatic heterocycles. The average molecular weight is 1780 g/mol. The lowest BCUT2D eigenvalue weighted by Crippen LogP contribution is -2.08. The highest BCUT2D eigenvalue weighted by Crippen LogP contribution is 2.43. The van der Waals surface area contributed by atoms with Crippen molar-refractivity contribution in [3.05, 3.63) is 398 Å². The van der Waals surface area contributed by atoms with Crippen molar-refractivity contribution in [3.8, 4) is 56.3 Å². The van der Waals surface area contributed by atoms with Crippen LogP contribution in [-0.4, -0.2) is 75.9 Å². The third kappa shape index (κ3) is 18.9. The van der Waals surface area contributed by atoms with E-state index in [2.05, 4.69) is 172 Å². The molecule has 134 heavy (non-hydrogen) atoms. The van der Waals surface area contributed by atoms with Crippen molar-refractivity contribution in [1.29, 1.82) is 0 Å². The van der Waals surface area contributed by atoms with E-state index in [0.29, 0.717) is 22.4 Å². The number of rotatable bonds is 15. The third-order valence-corrected chi connectivity index (χ3v) is 22.1. The molecule has 13 aromatic carbocycles. The van der Waals surface area contributed by atoms with Gasteiger partial charge in [0, 0.05) is 95.1 Å². The van der Waals surface area contributed by atoms with Crippen LogP contribution in [0.5, 0.6) is 0 Å². The van der Waals surface area contributed by atoms with Gasteiger partial charge in [0.1, 0.15) is 28.8 Å². The molecule has 0 radical (unpaired) electrons. The van der Waals surface area contributed by atoms with E-state index in [-0.39, 0.29) is 45.1 Å². The molecule has 0 atom stereocenters. The maximum absolute atomic E-state index is 14.0. The van der Waals surface area contributed by atoms with Crippen LogP contribution in [0.15, 0.2) is 364 Å². The first kappa shape index (κ1) is 85.6. The Morgan fingerprint density at radius 3 is 1.04 bits per heavy atom. The van der Waals surface area contributed by atoms with Crippen molar-refractivity contribution in [2.24, 2.45) is 0 Å². The maximum atomic E-state index is 14.0. The summed E-state index contributed by atoms with van der Waals surface area (Å²) in [5.41, 5.74) is 12.7. The molecule has 0 saturated heterocycles. The number of H-pyrrole nitrogens is 5. The van der Waals surface area contributed by atoms with Gasteiger partial charge in [-0.25, -0.2) is 33.7 Å². The second-order valence-corrected chi connectivity index (χ2v) is 31.2. The first-order valence-corrected chi connectivity index (χ1v) is 42.4. The minimum Gasteiger partial charge on any atom is -0.338 e. The molecule has 23 rings (SSSR count). The number of anilines is 10. The molecule has 0 bridgehead atoms. The summed E-state index contributed by atoms with van der Waals surface area (Å²) in [4.78, 5) is 23.4. The van der Waals surface area contributed by atoms with Crippen LogP contribution < -0.4 is 26.6 Å². The van der Waals surface area contributed by atoms with Gasteiger partial charge in [-0.05, 0) is 115 Å². The minimum atomic E-state index is -4.56. The Balaban J connectivity index is 0.000000108. The number of alkyl halides is 6. The Kier molecular flexibility index (Phi) is 23.9. The van der Waals surface area contributed by atoms with E-state index in [4.69, 9.17) is 15.0 Å². The Labute approximate surface area is 758 Å². The number of para-hydroxylation sites is 4. The fourth-order valence-corrected chi connectivity index (χ4v) is 15.7. The molecule has 28 heteroatoms. The van der Waals surface area contributed by atoms with Gasteiger partial charge in [-0.1, -0.05) is 261 Å². The van der Waals surface area contributed by atoms with Gasteiger partial charge in [0.25, 0.3) is 0 Å². The van der Waals surface area contributed by atoms with Gasteiger partial charge < -0.3 is 26.6 Å². The molecule has 0 aliphatic carbocycles. The first-order chi connectivity index (χ1) is 65.3. The number of fused-ring (bicyclic) bond motifs is 8. The highest BCUT2D eigenvalue weighted by atomic mass is 19.4. The molecule has 10 N–H and O–H groups in total. The van der Waals surface area contributed by atoms with Crippen LogP contribution in [0.4, 0.5) is 93.0 Å². The number of pyridine rings is 5.